The van der Waals surface area contributed by atoms with Crippen LogP contribution in [0.2, 0.25) is 0 Å². The molecule has 0 aliphatic carbocycles. The second-order valence-electron chi connectivity index (χ2n) is 12.9. The highest BCUT2D eigenvalue weighted by Crippen LogP contribution is 2.46. The Labute approximate surface area is 291 Å². The number of thiophene rings is 1. The van der Waals surface area contributed by atoms with Crippen LogP contribution in [-0.2, 0) is 0 Å². The molecule has 0 spiro atoms. The number of fused-ring (bicyclic) bond motifs is 13. The van der Waals surface area contributed by atoms with Gasteiger partial charge >= 0.3 is 0 Å². The van der Waals surface area contributed by atoms with Crippen molar-refractivity contribution in [3.63, 3.8) is 0 Å². The molecule has 8 aromatic carbocycles. The highest BCUT2D eigenvalue weighted by Gasteiger charge is 2.22. The Morgan fingerprint density at radius 1 is 0.400 bits per heavy atom. The molecule has 0 N–H and O–H groups in total. The van der Waals surface area contributed by atoms with Crippen molar-refractivity contribution in [1.29, 1.82) is 0 Å². The van der Waals surface area contributed by atoms with Crippen molar-refractivity contribution in [1.82, 2.24) is 14.5 Å². The fourth-order valence-corrected chi connectivity index (χ4v) is 9.25. The predicted molar refractivity (Wildman–Crippen MR) is 213 cm³/mol. The van der Waals surface area contributed by atoms with Gasteiger partial charge in [0.25, 0.3) is 0 Å². The van der Waals surface area contributed by atoms with Crippen LogP contribution >= 0.6 is 11.3 Å². The van der Waals surface area contributed by atoms with Crippen molar-refractivity contribution in [2.75, 3.05) is 0 Å². The van der Waals surface area contributed by atoms with Gasteiger partial charge in [-0.2, -0.15) is 0 Å². The van der Waals surface area contributed by atoms with Gasteiger partial charge in [-0.05, 0) is 56.6 Å². The Bertz CT molecular complexity index is 3100. The molecule has 0 atom stereocenters. The minimum Gasteiger partial charge on any atom is -0.309 e. The topological polar surface area (TPSA) is 30.7 Å². The average Bonchev–Trinajstić information content (AvgIpc) is 3.74. The third-order valence-electron chi connectivity index (χ3n) is 10.2. The normalized spacial score (nSPS) is 12.0. The van der Waals surface area contributed by atoms with Crippen LogP contribution < -0.4 is 0 Å². The summed E-state index contributed by atoms with van der Waals surface area (Å²) in [6, 6.07) is 58.8. The summed E-state index contributed by atoms with van der Waals surface area (Å²) in [5, 5.41) is 12.5. The van der Waals surface area contributed by atoms with E-state index in [1.807, 2.05) is 18.2 Å². The zero-order valence-corrected chi connectivity index (χ0v) is 27.7. The summed E-state index contributed by atoms with van der Waals surface area (Å²) >= 11 is 1.77. The van der Waals surface area contributed by atoms with E-state index in [1.54, 1.807) is 11.3 Å². The van der Waals surface area contributed by atoms with Gasteiger partial charge in [0.1, 0.15) is 4.83 Å². The van der Waals surface area contributed by atoms with Crippen LogP contribution in [0.1, 0.15) is 0 Å². The smallest absolute Gasteiger partial charge is 0.161 e. The average molecular weight is 654 g/mol. The minimum atomic E-state index is 0.748. The molecule has 0 aliphatic rings. The van der Waals surface area contributed by atoms with E-state index in [-0.39, 0.29) is 0 Å². The zero-order valence-electron chi connectivity index (χ0n) is 26.8. The first kappa shape index (κ1) is 27.6. The van der Waals surface area contributed by atoms with Gasteiger partial charge in [-0.1, -0.05) is 140 Å². The molecule has 0 radical (unpaired) electrons. The Balaban J connectivity index is 1.23. The fraction of sp³-hybridized carbons (Fsp3) is 0. The van der Waals surface area contributed by atoms with Crippen molar-refractivity contribution in [3.8, 4) is 28.3 Å². The van der Waals surface area contributed by atoms with Crippen LogP contribution in [0.4, 0.5) is 0 Å². The van der Waals surface area contributed by atoms with E-state index >= 15 is 0 Å². The van der Waals surface area contributed by atoms with Gasteiger partial charge in [0.05, 0.1) is 16.7 Å². The van der Waals surface area contributed by atoms with E-state index in [9.17, 15) is 0 Å². The minimum absolute atomic E-state index is 0.748. The number of hydrogen-bond acceptors (Lipinski definition) is 3. The lowest BCUT2D eigenvalue weighted by molar-refractivity contribution is 1.19. The zero-order chi connectivity index (χ0) is 32.8. The summed E-state index contributed by atoms with van der Waals surface area (Å²) in [5.41, 5.74) is 6.61. The number of benzene rings is 8. The summed E-state index contributed by atoms with van der Waals surface area (Å²) < 4.78 is 3.68. The van der Waals surface area contributed by atoms with E-state index in [4.69, 9.17) is 9.97 Å². The molecule has 0 fully saturated rings. The standard InChI is InChI=1S/C46H27N3S/c1-3-13-28(14-4-1)43-42-37-25-26-40-41(44(37)50-46(42)48-45(47-43)29-15-5-2-6-16-29)36-21-11-12-22-39(36)49(40)30-23-24-35-33-19-8-7-17-31(33)32-18-9-10-20-34(32)38(35)27-30/h1-27H. The second-order valence-corrected chi connectivity index (χ2v) is 13.9. The lowest BCUT2D eigenvalue weighted by atomic mass is 9.94. The SMILES string of the molecule is c1ccc(-c2nc(-c3ccccc3)c3c(n2)sc2c3ccc3c2c2ccccc2n3-c2ccc3c4ccccc4c4ccccc4c3c2)cc1. The maximum Gasteiger partial charge on any atom is 0.161 e. The van der Waals surface area contributed by atoms with E-state index < -0.39 is 0 Å². The molecule has 4 heteroatoms. The summed E-state index contributed by atoms with van der Waals surface area (Å²) in [6.07, 6.45) is 0. The van der Waals surface area contributed by atoms with Crippen molar-refractivity contribution in [2.24, 2.45) is 0 Å². The van der Waals surface area contributed by atoms with E-state index in [0.717, 1.165) is 38.5 Å². The Morgan fingerprint density at radius 3 is 1.66 bits per heavy atom. The van der Waals surface area contributed by atoms with Crippen LogP contribution in [0.3, 0.4) is 0 Å². The summed E-state index contributed by atoms with van der Waals surface area (Å²) in [7, 11) is 0. The number of rotatable bonds is 3. The van der Waals surface area contributed by atoms with Gasteiger partial charge < -0.3 is 4.57 Å². The first-order valence-electron chi connectivity index (χ1n) is 16.9. The third kappa shape index (κ3) is 3.91. The summed E-state index contributed by atoms with van der Waals surface area (Å²) in [4.78, 5) is 11.4. The molecule has 0 saturated carbocycles. The number of nitrogens with zero attached hydrogens (tertiary/aromatic N) is 3. The Hall–Kier alpha value is -6.36. The molecule has 0 bridgehead atoms. The lowest BCUT2D eigenvalue weighted by Gasteiger charge is -2.13. The van der Waals surface area contributed by atoms with Crippen molar-refractivity contribution in [3.05, 3.63) is 164 Å². The third-order valence-corrected chi connectivity index (χ3v) is 11.3. The van der Waals surface area contributed by atoms with Gasteiger partial charge in [0.15, 0.2) is 5.82 Å². The predicted octanol–water partition coefficient (Wildman–Crippen LogP) is 12.7. The van der Waals surface area contributed by atoms with Gasteiger partial charge in [-0.25, -0.2) is 9.97 Å². The van der Waals surface area contributed by atoms with Gasteiger partial charge in [-0.15, -0.1) is 11.3 Å². The fourth-order valence-electron chi connectivity index (χ4n) is 8.02. The van der Waals surface area contributed by atoms with Gasteiger partial charge in [0, 0.05) is 43.1 Å². The molecule has 0 amide bonds. The van der Waals surface area contributed by atoms with Crippen LogP contribution in [-0.4, -0.2) is 14.5 Å². The maximum absolute atomic E-state index is 5.22. The summed E-state index contributed by atoms with van der Waals surface area (Å²) in [6.45, 7) is 0. The molecule has 3 heterocycles. The molecule has 0 saturated heterocycles. The Morgan fingerprint density at radius 2 is 0.960 bits per heavy atom. The van der Waals surface area contributed by atoms with E-state index in [0.29, 0.717) is 0 Å². The monoisotopic (exact) mass is 653 g/mol. The highest BCUT2D eigenvalue weighted by molar-refractivity contribution is 7.26. The number of aromatic nitrogens is 3. The van der Waals surface area contributed by atoms with Crippen LogP contribution in [0.5, 0.6) is 0 Å². The lowest BCUT2D eigenvalue weighted by Crippen LogP contribution is -1.94. The number of para-hydroxylation sites is 1. The van der Waals surface area contributed by atoms with E-state index in [2.05, 4.69) is 150 Å². The molecule has 50 heavy (non-hydrogen) atoms. The second kappa shape index (κ2) is 10.6. The van der Waals surface area contributed by atoms with Crippen molar-refractivity contribution in [2.45, 2.75) is 0 Å². The van der Waals surface area contributed by atoms with Crippen molar-refractivity contribution >= 4 is 85.8 Å². The van der Waals surface area contributed by atoms with Crippen LogP contribution in [0.15, 0.2) is 164 Å². The number of hydrogen-bond donors (Lipinski definition) is 0. The molecule has 11 rings (SSSR count). The molecule has 11 aromatic rings. The largest absolute Gasteiger partial charge is 0.309 e. The molecule has 3 nitrogen and oxygen atoms in total. The van der Waals surface area contributed by atoms with Crippen LogP contribution in [0.25, 0.3) is 103 Å². The molecular formula is C46H27N3S. The first-order chi connectivity index (χ1) is 24.8. The van der Waals surface area contributed by atoms with Crippen molar-refractivity contribution < 1.29 is 0 Å². The molecule has 0 unspecified atom stereocenters. The van der Waals surface area contributed by atoms with Gasteiger partial charge in [-0.3, -0.25) is 0 Å². The quantitative estimate of drug-likeness (QED) is 0.178. The van der Waals surface area contributed by atoms with E-state index in [1.165, 1.54) is 64.2 Å². The molecular weight excluding hydrogens is 627 g/mol. The van der Waals surface area contributed by atoms with Crippen LogP contribution in [0, 0.1) is 0 Å². The molecule has 0 aliphatic heterocycles. The Kier molecular flexibility index (Phi) is 5.83. The first-order valence-corrected chi connectivity index (χ1v) is 17.7. The molecule has 232 valence electrons. The summed E-state index contributed by atoms with van der Waals surface area (Å²) in [5.74, 6) is 0.748. The maximum atomic E-state index is 5.22. The molecule has 3 aromatic heterocycles. The highest BCUT2D eigenvalue weighted by atomic mass is 32.1. The van der Waals surface area contributed by atoms with Gasteiger partial charge in [0.2, 0.25) is 0 Å².